The second-order valence-corrected chi connectivity index (χ2v) is 8.38. The molecular weight excluding hydrogens is 431 g/mol. The maximum Gasteiger partial charge on any atom is 0.332 e. The summed E-state index contributed by atoms with van der Waals surface area (Å²) in [6, 6.07) is 22.7. The topological polar surface area (TPSA) is 66.5 Å². The van der Waals surface area contributed by atoms with Crippen LogP contribution in [0.3, 0.4) is 0 Å². The predicted octanol–water partition coefficient (Wildman–Crippen LogP) is 5.31. The summed E-state index contributed by atoms with van der Waals surface area (Å²) in [4.78, 5) is 39.8. The molecule has 0 spiro atoms. The van der Waals surface area contributed by atoms with Crippen LogP contribution in [0.1, 0.15) is 38.7 Å². The number of carbonyl (C=O) groups excluding carboxylic acids is 3. The van der Waals surface area contributed by atoms with Gasteiger partial charge in [0.1, 0.15) is 11.9 Å². The van der Waals surface area contributed by atoms with Crippen molar-refractivity contribution in [2.24, 2.45) is 0 Å². The Morgan fingerprint density at radius 2 is 1.65 bits per heavy atom. The standard InChI is InChI=1S/C28H21FN2O3/c1-17-6-5-9-23-20(14-18-10-12-22(29)13-11-18)15-21(16-24(17)23)26(32)31-27(33)25(30-28(31)34)19-7-3-2-4-8-19/h2-13,15-16,25H,14H2,1H3,(H,30,34). The lowest BCUT2D eigenvalue weighted by atomic mass is 9.93. The molecule has 1 aliphatic heterocycles. The molecular formula is C28H21FN2O3. The molecule has 34 heavy (non-hydrogen) atoms. The van der Waals surface area contributed by atoms with Gasteiger partial charge in [-0.15, -0.1) is 0 Å². The van der Waals surface area contributed by atoms with E-state index in [2.05, 4.69) is 5.32 Å². The van der Waals surface area contributed by atoms with Crippen molar-refractivity contribution in [2.45, 2.75) is 19.4 Å². The van der Waals surface area contributed by atoms with Gasteiger partial charge in [0, 0.05) is 5.56 Å². The zero-order valence-corrected chi connectivity index (χ0v) is 18.4. The van der Waals surface area contributed by atoms with Gasteiger partial charge in [0.2, 0.25) is 0 Å². The van der Waals surface area contributed by atoms with Gasteiger partial charge in [0.05, 0.1) is 0 Å². The fraction of sp³-hybridized carbons (Fsp3) is 0.107. The molecule has 1 saturated heterocycles. The molecule has 1 atom stereocenters. The van der Waals surface area contributed by atoms with Crippen LogP contribution in [0.15, 0.2) is 84.9 Å². The van der Waals surface area contributed by atoms with E-state index in [-0.39, 0.29) is 11.4 Å². The van der Waals surface area contributed by atoms with E-state index >= 15 is 0 Å². The number of amides is 4. The Morgan fingerprint density at radius 1 is 0.912 bits per heavy atom. The van der Waals surface area contributed by atoms with E-state index in [1.807, 2.05) is 31.2 Å². The number of benzene rings is 4. The molecule has 4 aromatic carbocycles. The largest absolute Gasteiger partial charge is 0.332 e. The fourth-order valence-electron chi connectivity index (χ4n) is 4.38. The molecule has 6 heteroatoms. The second kappa shape index (κ2) is 8.56. The average Bonchev–Trinajstić information content (AvgIpc) is 3.14. The van der Waals surface area contributed by atoms with Gasteiger partial charge in [-0.1, -0.05) is 60.7 Å². The fourth-order valence-corrected chi connectivity index (χ4v) is 4.38. The van der Waals surface area contributed by atoms with Crippen LogP contribution in [0, 0.1) is 12.7 Å². The summed E-state index contributed by atoms with van der Waals surface area (Å²) in [5.41, 5.74) is 3.56. The quantitative estimate of drug-likeness (QED) is 0.337. The van der Waals surface area contributed by atoms with Gasteiger partial charge in [0.15, 0.2) is 0 Å². The second-order valence-electron chi connectivity index (χ2n) is 8.38. The number of halogens is 1. The van der Waals surface area contributed by atoms with Gasteiger partial charge in [0.25, 0.3) is 11.8 Å². The lowest BCUT2D eigenvalue weighted by molar-refractivity contribution is -0.125. The molecule has 1 fully saturated rings. The minimum absolute atomic E-state index is 0.246. The Kier molecular flexibility index (Phi) is 5.42. The molecule has 168 valence electrons. The highest BCUT2D eigenvalue weighted by Gasteiger charge is 2.43. The minimum atomic E-state index is -0.904. The Balaban J connectivity index is 1.55. The zero-order chi connectivity index (χ0) is 23.8. The van der Waals surface area contributed by atoms with E-state index < -0.39 is 23.9 Å². The molecule has 1 N–H and O–H groups in total. The number of fused-ring (bicyclic) bond motifs is 1. The van der Waals surface area contributed by atoms with Crippen LogP contribution in [-0.2, 0) is 11.2 Å². The smallest absolute Gasteiger partial charge is 0.321 e. The third-order valence-electron chi connectivity index (χ3n) is 6.13. The van der Waals surface area contributed by atoms with E-state index in [9.17, 15) is 18.8 Å². The van der Waals surface area contributed by atoms with Gasteiger partial charge in [-0.05, 0) is 70.6 Å². The monoisotopic (exact) mass is 452 g/mol. The Morgan fingerprint density at radius 3 is 2.38 bits per heavy atom. The maximum atomic E-state index is 13.4. The predicted molar refractivity (Wildman–Crippen MR) is 127 cm³/mol. The van der Waals surface area contributed by atoms with Gasteiger partial charge in [-0.25, -0.2) is 9.18 Å². The number of aryl methyl sites for hydroxylation is 1. The van der Waals surface area contributed by atoms with E-state index in [1.54, 1.807) is 48.5 Å². The number of nitrogens with zero attached hydrogens (tertiary/aromatic N) is 1. The normalized spacial score (nSPS) is 15.6. The number of carbonyl (C=O) groups is 3. The number of urea groups is 1. The van der Waals surface area contributed by atoms with Gasteiger partial charge >= 0.3 is 6.03 Å². The number of imide groups is 3. The third kappa shape index (κ3) is 3.83. The number of nitrogens with one attached hydrogen (secondary N) is 1. The summed E-state index contributed by atoms with van der Waals surface area (Å²) in [5.74, 6) is -1.60. The molecule has 1 heterocycles. The summed E-state index contributed by atoms with van der Waals surface area (Å²) in [6.07, 6.45) is 0.466. The van der Waals surface area contributed by atoms with Gasteiger partial charge < -0.3 is 5.32 Å². The van der Waals surface area contributed by atoms with Gasteiger partial charge in [-0.2, -0.15) is 4.90 Å². The summed E-state index contributed by atoms with van der Waals surface area (Å²) in [5, 5.41) is 4.43. The summed E-state index contributed by atoms with van der Waals surface area (Å²) >= 11 is 0. The van der Waals surface area contributed by atoms with E-state index in [4.69, 9.17) is 0 Å². The summed E-state index contributed by atoms with van der Waals surface area (Å²) in [6.45, 7) is 1.94. The maximum absolute atomic E-state index is 13.4. The van der Waals surface area contributed by atoms with Crippen molar-refractivity contribution in [3.63, 3.8) is 0 Å². The van der Waals surface area contributed by atoms with Crippen LogP contribution in [0.4, 0.5) is 9.18 Å². The summed E-state index contributed by atoms with van der Waals surface area (Å²) in [7, 11) is 0. The molecule has 4 aromatic rings. The van der Waals surface area contributed by atoms with Crippen LogP contribution in [0.25, 0.3) is 10.8 Å². The van der Waals surface area contributed by atoms with Crippen LogP contribution < -0.4 is 5.32 Å². The van der Waals surface area contributed by atoms with Crippen molar-refractivity contribution >= 4 is 28.6 Å². The summed E-state index contributed by atoms with van der Waals surface area (Å²) < 4.78 is 13.4. The van der Waals surface area contributed by atoms with Crippen LogP contribution >= 0.6 is 0 Å². The molecule has 0 saturated carbocycles. The van der Waals surface area contributed by atoms with E-state index in [0.29, 0.717) is 16.9 Å². The molecule has 0 radical (unpaired) electrons. The molecule has 1 aliphatic rings. The van der Waals surface area contributed by atoms with E-state index in [0.717, 1.165) is 27.5 Å². The zero-order valence-electron chi connectivity index (χ0n) is 18.4. The van der Waals surface area contributed by atoms with E-state index in [1.165, 1.54) is 12.1 Å². The first kappa shape index (κ1) is 21.5. The molecule has 5 nitrogen and oxygen atoms in total. The van der Waals surface area contributed by atoms with Gasteiger partial charge in [-0.3, -0.25) is 9.59 Å². The van der Waals surface area contributed by atoms with Crippen molar-refractivity contribution in [3.8, 4) is 0 Å². The molecule has 4 amide bonds. The van der Waals surface area contributed by atoms with Crippen molar-refractivity contribution in [2.75, 3.05) is 0 Å². The first-order valence-corrected chi connectivity index (χ1v) is 10.9. The highest BCUT2D eigenvalue weighted by Crippen LogP contribution is 2.29. The average molecular weight is 452 g/mol. The first-order valence-electron chi connectivity index (χ1n) is 10.9. The SMILES string of the molecule is Cc1cccc2c(Cc3ccc(F)cc3)cc(C(=O)N3C(=O)NC(c4ccccc4)C3=O)cc12. The number of hydrogen-bond donors (Lipinski definition) is 1. The minimum Gasteiger partial charge on any atom is -0.321 e. The lowest BCUT2D eigenvalue weighted by Crippen LogP contribution is -2.37. The molecule has 0 bridgehead atoms. The van der Waals surface area contributed by atoms with Crippen LogP contribution in [0.2, 0.25) is 0 Å². The highest BCUT2D eigenvalue weighted by molar-refractivity contribution is 6.21. The Bertz CT molecular complexity index is 1430. The lowest BCUT2D eigenvalue weighted by Gasteiger charge is -2.15. The molecule has 5 rings (SSSR count). The number of hydrogen-bond acceptors (Lipinski definition) is 3. The Labute approximate surface area is 195 Å². The van der Waals surface area contributed by atoms with Crippen molar-refractivity contribution in [1.29, 1.82) is 0 Å². The van der Waals surface area contributed by atoms with Crippen molar-refractivity contribution in [1.82, 2.24) is 10.2 Å². The molecule has 0 aliphatic carbocycles. The molecule has 1 unspecified atom stereocenters. The highest BCUT2D eigenvalue weighted by atomic mass is 19.1. The van der Waals surface area contributed by atoms with Crippen LogP contribution in [0.5, 0.6) is 0 Å². The Hall–Kier alpha value is -4.32. The number of rotatable bonds is 4. The van der Waals surface area contributed by atoms with Crippen LogP contribution in [-0.4, -0.2) is 22.7 Å². The van der Waals surface area contributed by atoms with Crippen molar-refractivity contribution in [3.05, 3.63) is 119 Å². The van der Waals surface area contributed by atoms with Crippen molar-refractivity contribution < 1.29 is 18.8 Å². The third-order valence-corrected chi connectivity index (χ3v) is 6.13. The molecule has 0 aromatic heterocycles. The first-order chi connectivity index (χ1) is 16.4.